The molecule has 1 atom stereocenters. The first-order chi connectivity index (χ1) is 10.5. The number of amides is 1. The number of likely N-dealkylation sites (tertiary alicyclic amines) is 1. The number of aliphatic hydroxyl groups excluding tert-OH is 1. The first-order valence-electron chi connectivity index (χ1n) is 7.71. The summed E-state index contributed by atoms with van der Waals surface area (Å²) < 4.78 is 13.5. The van der Waals surface area contributed by atoms with Crippen molar-refractivity contribution < 1.29 is 14.3 Å². The lowest BCUT2D eigenvalue weighted by Crippen LogP contribution is -2.38. The molecule has 6 heteroatoms. The van der Waals surface area contributed by atoms with Gasteiger partial charge in [-0.15, -0.1) is 0 Å². The van der Waals surface area contributed by atoms with Crippen LogP contribution in [0.1, 0.15) is 26.2 Å². The molecule has 1 aromatic rings. The fourth-order valence-corrected chi connectivity index (χ4v) is 2.77. The molecule has 0 aromatic heterocycles. The predicted octanol–water partition coefficient (Wildman–Crippen LogP) is 1.83. The predicted molar refractivity (Wildman–Crippen MR) is 84.9 cm³/mol. The summed E-state index contributed by atoms with van der Waals surface area (Å²) in [7, 11) is 0. The third-order valence-corrected chi connectivity index (χ3v) is 4.23. The summed E-state index contributed by atoms with van der Waals surface area (Å²) in [5, 5.41) is 12.1. The van der Waals surface area contributed by atoms with Crippen LogP contribution in [0.3, 0.4) is 0 Å². The molecule has 1 fully saturated rings. The van der Waals surface area contributed by atoms with Gasteiger partial charge < -0.3 is 21.1 Å². The second-order valence-electron chi connectivity index (χ2n) is 5.96. The van der Waals surface area contributed by atoms with Gasteiger partial charge in [0, 0.05) is 18.7 Å². The molecule has 0 radical (unpaired) electrons. The molecule has 2 rings (SSSR count). The van der Waals surface area contributed by atoms with E-state index in [1.165, 1.54) is 18.2 Å². The van der Waals surface area contributed by atoms with E-state index in [1.807, 2.05) is 6.92 Å². The summed E-state index contributed by atoms with van der Waals surface area (Å²) in [6.45, 7) is 4.24. The molecule has 1 heterocycles. The van der Waals surface area contributed by atoms with Crippen molar-refractivity contribution in [3.05, 3.63) is 24.0 Å². The molecule has 5 nitrogen and oxygen atoms in total. The number of hydrogen-bond acceptors (Lipinski definition) is 4. The second-order valence-corrected chi connectivity index (χ2v) is 5.96. The van der Waals surface area contributed by atoms with Gasteiger partial charge in [-0.3, -0.25) is 4.79 Å². The molecule has 0 spiro atoms. The first kappa shape index (κ1) is 16.7. The van der Waals surface area contributed by atoms with Crippen LogP contribution in [0.25, 0.3) is 0 Å². The molecular weight excluding hydrogens is 285 g/mol. The Kier molecular flexibility index (Phi) is 5.74. The van der Waals surface area contributed by atoms with Gasteiger partial charge in [0.1, 0.15) is 5.82 Å². The van der Waals surface area contributed by atoms with Crippen LogP contribution in [0.4, 0.5) is 15.8 Å². The number of rotatable bonds is 5. The Labute approximate surface area is 130 Å². The maximum absolute atomic E-state index is 13.5. The molecule has 1 amide bonds. The number of carbonyl (C=O) groups is 1. The van der Waals surface area contributed by atoms with Gasteiger partial charge in [0.15, 0.2) is 0 Å². The summed E-state index contributed by atoms with van der Waals surface area (Å²) in [5.74, 6) is -0.353. The fraction of sp³-hybridized carbons (Fsp3) is 0.562. The number of nitrogens with two attached hydrogens (primary N) is 1. The van der Waals surface area contributed by atoms with E-state index < -0.39 is 5.82 Å². The largest absolute Gasteiger partial charge is 0.399 e. The van der Waals surface area contributed by atoms with Crippen molar-refractivity contribution in [2.45, 2.75) is 32.3 Å². The second kappa shape index (κ2) is 7.56. The third kappa shape index (κ3) is 4.68. The van der Waals surface area contributed by atoms with Gasteiger partial charge in [-0.2, -0.15) is 0 Å². The zero-order chi connectivity index (χ0) is 16.1. The Hall–Kier alpha value is -1.66. The van der Waals surface area contributed by atoms with E-state index in [4.69, 9.17) is 5.73 Å². The highest BCUT2D eigenvalue weighted by molar-refractivity contribution is 5.91. The van der Waals surface area contributed by atoms with Gasteiger partial charge >= 0.3 is 0 Å². The zero-order valence-electron chi connectivity index (χ0n) is 12.9. The van der Waals surface area contributed by atoms with Crippen molar-refractivity contribution in [2.75, 3.05) is 30.7 Å². The minimum absolute atomic E-state index is 0.123. The fourth-order valence-electron chi connectivity index (χ4n) is 2.77. The maximum Gasteiger partial charge on any atom is 0.225 e. The van der Waals surface area contributed by atoms with Gasteiger partial charge in [-0.05, 0) is 57.0 Å². The van der Waals surface area contributed by atoms with E-state index in [0.29, 0.717) is 24.6 Å². The topological polar surface area (TPSA) is 78.6 Å². The molecule has 0 bridgehead atoms. The summed E-state index contributed by atoms with van der Waals surface area (Å²) >= 11 is 0. The molecule has 0 aliphatic carbocycles. The Morgan fingerprint density at radius 3 is 2.82 bits per heavy atom. The third-order valence-electron chi connectivity index (χ3n) is 4.23. The SMILES string of the molecule is CC(O)C1CCN(CCC(=O)Nc2cc(N)ccc2F)CC1. The Bertz CT molecular complexity index is 514. The van der Waals surface area contributed by atoms with Crippen molar-refractivity contribution in [1.29, 1.82) is 0 Å². The van der Waals surface area contributed by atoms with E-state index in [1.54, 1.807) is 0 Å². The average Bonchev–Trinajstić information content (AvgIpc) is 2.49. The summed E-state index contributed by atoms with van der Waals surface area (Å²) in [5.41, 5.74) is 6.12. The lowest BCUT2D eigenvalue weighted by Gasteiger charge is -2.33. The minimum atomic E-state index is -0.486. The number of hydrogen-bond donors (Lipinski definition) is 3. The van der Waals surface area contributed by atoms with Crippen molar-refractivity contribution in [3.8, 4) is 0 Å². The molecule has 1 unspecified atom stereocenters. The number of nitrogen functional groups attached to an aromatic ring is 1. The van der Waals surface area contributed by atoms with Gasteiger partial charge in [0.2, 0.25) is 5.91 Å². The highest BCUT2D eigenvalue weighted by atomic mass is 19.1. The molecule has 1 aromatic carbocycles. The summed E-state index contributed by atoms with van der Waals surface area (Å²) in [4.78, 5) is 14.1. The molecule has 22 heavy (non-hydrogen) atoms. The van der Waals surface area contributed by atoms with Gasteiger partial charge in [0.25, 0.3) is 0 Å². The van der Waals surface area contributed by atoms with Crippen LogP contribution in [0, 0.1) is 11.7 Å². The van der Waals surface area contributed by atoms with E-state index >= 15 is 0 Å². The number of piperidine rings is 1. The standard InChI is InChI=1S/C16H24FN3O2/c1-11(21)12-4-7-20(8-5-12)9-6-16(22)19-15-10-13(18)2-3-14(15)17/h2-3,10-12,21H,4-9,18H2,1H3,(H,19,22). The van der Waals surface area contributed by atoms with Gasteiger partial charge in [-0.1, -0.05) is 0 Å². The summed E-state index contributed by atoms with van der Waals surface area (Å²) in [6, 6.07) is 4.12. The van der Waals surface area contributed by atoms with Crippen molar-refractivity contribution in [3.63, 3.8) is 0 Å². The zero-order valence-corrected chi connectivity index (χ0v) is 12.9. The van der Waals surface area contributed by atoms with Gasteiger partial charge in [-0.25, -0.2) is 4.39 Å². The monoisotopic (exact) mass is 309 g/mol. The highest BCUT2D eigenvalue weighted by Crippen LogP contribution is 2.21. The van der Waals surface area contributed by atoms with Crippen molar-refractivity contribution >= 4 is 17.3 Å². The lowest BCUT2D eigenvalue weighted by atomic mass is 9.92. The van der Waals surface area contributed by atoms with Crippen LogP contribution in [-0.2, 0) is 4.79 Å². The molecule has 1 saturated heterocycles. The van der Waals surface area contributed by atoms with Crippen molar-refractivity contribution in [2.24, 2.45) is 5.92 Å². The molecular formula is C16H24FN3O2. The van der Waals surface area contributed by atoms with Crippen LogP contribution in [0.2, 0.25) is 0 Å². The number of aliphatic hydroxyl groups is 1. The van der Waals surface area contributed by atoms with Gasteiger partial charge in [0.05, 0.1) is 11.8 Å². The van der Waals surface area contributed by atoms with E-state index in [0.717, 1.165) is 25.9 Å². The maximum atomic E-state index is 13.5. The van der Waals surface area contributed by atoms with E-state index in [9.17, 15) is 14.3 Å². The Morgan fingerprint density at radius 2 is 2.18 bits per heavy atom. The van der Waals surface area contributed by atoms with Crippen molar-refractivity contribution in [1.82, 2.24) is 4.90 Å². The van der Waals surface area contributed by atoms with Crippen LogP contribution in [0.15, 0.2) is 18.2 Å². The Morgan fingerprint density at radius 1 is 1.50 bits per heavy atom. The highest BCUT2D eigenvalue weighted by Gasteiger charge is 2.22. The normalized spacial score (nSPS) is 18.1. The average molecular weight is 309 g/mol. The van der Waals surface area contributed by atoms with Crippen LogP contribution in [-0.4, -0.2) is 41.7 Å². The first-order valence-corrected chi connectivity index (χ1v) is 7.71. The number of nitrogens with one attached hydrogen (secondary N) is 1. The van der Waals surface area contributed by atoms with Crippen LogP contribution < -0.4 is 11.1 Å². The lowest BCUT2D eigenvalue weighted by molar-refractivity contribution is -0.116. The number of carbonyl (C=O) groups excluding carboxylic acids is 1. The molecule has 0 saturated carbocycles. The van der Waals surface area contributed by atoms with E-state index in [-0.39, 0.29) is 17.7 Å². The smallest absolute Gasteiger partial charge is 0.225 e. The molecule has 4 N–H and O–H groups in total. The number of anilines is 2. The molecule has 122 valence electrons. The number of nitrogens with zero attached hydrogens (tertiary/aromatic N) is 1. The summed E-state index contributed by atoms with van der Waals surface area (Å²) in [6.07, 6.45) is 1.94. The Balaban J connectivity index is 1.75. The van der Waals surface area contributed by atoms with E-state index in [2.05, 4.69) is 10.2 Å². The quantitative estimate of drug-likeness (QED) is 0.725. The van der Waals surface area contributed by atoms with Crippen LogP contribution in [0.5, 0.6) is 0 Å². The minimum Gasteiger partial charge on any atom is -0.399 e. The molecule has 1 aliphatic rings. The number of halogens is 1. The molecule has 1 aliphatic heterocycles. The van der Waals surface area contributed by atoms with Crippen LogP contribution >= 0.6 is 0 Å². The number of benzene rings is 1.